The number of benzene rings is 3. The molecule has 3 amide bonds. The van der Waals surface area contributed by atoms with Crippen LogP contribution in [0.3, 0.4) is 0 Å². The van der Waals surface area contributed by atoms with Crippen LogP contribution in [0.5, 0.6) is 5.75 Å². The Labute approximate surface area is 197 Å². The summed E-state index contributed by atoms with van der Waals surface area (Å²) in [5.74, 6) is -1.74. The number of halogens is 1. The van der Waals surface area contributed by atoms with Gasteiger partial charge in [0.25, 0.3) is 11.8 Å². The zero-order valence-corrected chi connectivity index (χ0v) is 19.2. The molecule has 0 aliphatic heterocycles. The second kappa shape index (κ2) is 11.1. The monoisotopic (exact) mass is 463 g/mol. The molecule has 7 nitrogen and oxygen atoms in total. The Morgan fingerprint density at radius 1 is 0.853 bits per heavy atom. The van der Waals surface area contributed by atoms with Crippen LogP contribution in [-0.4, -0.2) is 42.8 Å². The molecule has 3 aromatic carbocycles. The fourth-order valence-corrected chi connectivity index (χ4v) is 3.23. The van der Waals surface area contributed by atoms with Gasteiger partial charge in [-0.05, 0) is 55.3 Å². The summed E-state index contributed by atoms with van der Waals surface area (Å²) in [6, 6.07) is 17.8. The lowest BCUT2D eigenvalue weighted by Gasteiger charge is -2.19. The van der Waals surface area contributed by atoms with E-state index in [0.29, 0.717) is 5.69 Å². The van der Waals surface area contributed by atoms with Gasteiger partial charge < -0.3 is 20.3 Å². The van der Waals surface area contributed by atoms with Gasteiger partial charge in [-0.15, -0.1) is 0 Å². The molecule has 0 aromatic heterocycles. The van der Waals surface area contributed by atoms with Crippen LogP contribution in [0.1, 0.15) is 21.5 Å². The molecular formula is C26H26FN3O4. The Balaban J connectivity index is 1.61. The molecule has 0 radical (unpaired) electrons. The Kier molecular flexibility index (Phi) is 7.97. The molecule has 0 heterocycles. The number of aryl methyl sites for hydroxylation is 1. The Morgan fingerprint density at radius 3 is 2.26 bits per heavy atom. The minimum atomic E-state index is -0.575. The van der Waals surface area contributed by atoms with Crippen molar-refractivity contribution >= 4 is 29.1 Å². The first-order valence-electron chi connectivity index (χ1n) is 10.6. The SMILES string of the molecule is Cc1cccc(NC(=O)CN(C)C(=O)c2ccccc2OCC(=O)Nc2ccccc2F)c1C. The largest absolute Gasteiger partial charge is 0.483 e. The smallest absolute Gasteiger partial charge is 0.262 e. The van der Waals surface area contributed by atoms with E-state index in [1.54, 1.807) is 36.4 Å². The Morgan fingerprint density at radius 2 is 1.50 bits per heavy atom. The topological polar surface area (TPSA) is 87.7 Å². The van der Waals surface area contributed by atoms with Gasteiger partial charge in [-0.1, -0.05) is 36.4 Å². The summed E-state index contributed by atoms with van der Waals surface area (Å²) in [6.45, 7) is 3.27. The molecular weight excluding hydrogens is 437 g/mol. The molecule has 3 rings (SSSR count). The van der Waals surface area contributed by atoms with Crippen molar-refractivity contribution in [3.63, 3.8) is 0 Å². The van der Waals surface area contributed by atoms with Gasteiger partial charge >= 0.3 is 0 Å². The molecule has 176 valence electrons. The molecule has 8 heteroatoms. The number of hydrogen-bond donors (Lipinski definition) is 2. The van der Waals surface area contributed by atoms with Crippen LogP contribution in [0, 0.1) is 19.7 Å². The highest BCUT2D eigenvalue weighted by Crippen LogP contribution is 2.21. The van der Waals surface area contributed by atoms with Crippen molar-refractivity contribution in [3.05, 3.63) is 89.2 Å². The fraction of sp³-hybridized carbons (Fsp3) is 0.192. The number of likely N-dealkylation sites (N-methyl/N-ethyl adjacent to an activating group) is 1. The van der Waals surface area contributed by atoms with Gasteiger partial charge in [0.2, 0.25) is 5.91 Å². The van der Waals surface area contributed by atoms with Crippen LogP contribution in [0.4, 0.5) is 15.8 Å². The molecule has 0 aliphatic rings. The lowest BCUT2D eigenvalue weighted by Crippen LogP contribution is -2.35. The van der Waals surface area contributed by atoms with Crippen LogP contribution in [0.2, 0.25) is 0 Å². The standard InChI is InChI=1S/C26H26FN3O4/c1-17-9-8-13-21(18(17)2)28-24(31)15-30(3)26(33)19-10-4-7-14-23(19)34-16-25(32)29-22-12-6-5-11-20(22)27/h4-14H,15-16H2,1-3H3,(H,28,31)(H,29,32). The average molecular weight is 464 g/mol. The first kappa shape index (κ1) is 24.4. The molecule has 0 spiro atoms. The Hall–Kier alpha value is -4.20. The zero-order chi connectivity index (χ0) is 24.7. The molecule has 0 bridgehead atoms. The van der Waals surface area contributed by atoms with E-state index in [0.717, 1.165) is 11.1 Å². The molecule has 0 atom stereocenters. The number of hydrogen-bond acceptors (Lipinski definition) is 4. The van der Waals surface area contributed by atoms with E-state index in [4.69, 9.17) is 4.74 Å². The highest BCUT2D eigenvalue weighted by molar-refractivity contribution is 6.01. The average Bonchev–Trinajstić information content (AvgIpc) is 2.82. The van der Waals surface area contributed by atoms with E-state index in [-0.39, 0.29) is 29.5 Å². The van der Waals surface area contributed by atoms with Crippen LogP contribution in [0.25, 0.3) is 0 Å². The number of para-hydroxylation sites is 2. The molecule has 34 heavy (non-hydrogen) atoms. The summed E-state index contributed by atoms with van der Waals surface area (Å²) in [5.41, 5.74) is 2.93. The number of rotatable bonds is 8. The highest BCUT2D eigenvalue weighted by atomic mass is 19.1. The Bertz CT molecular complexity index is 1210. The summed E-state index contributed by atoms with van der Waals surface area (Å²) in [5, 5.41) is 5.25. The molecule has 3 aromatic rings. The van der Waals surface area contributed by atoms with Gasteiger partial charge in [0, 0.05) is 12.7 Å². The van der Waals surface area contributed by atoms with Gasteiger partial charge in [-0.25, -0.2) is 4.39 Å². The van der Waals surface area contributed by atoms with E-state index in [9.17, 15) is 18.8 Å². The second-order valence-corrected chi connectivity index (χ2v) is 7.77. The maximum Gasteiger partial charge on any atom is 0.262 e. The molecule has 0 unspecified atom stereocenters. The van der Waals surface area contributed by atoms with Crippen molar-refractivity contribution < 1.29 is 23.5 Å². The first-order valence-corrected chi connectivity index (χ1v) is 10.6. The fourth-order valence-electron chi connectivity index (χ4n) is 3.23. The van der Waals surface area contributed by atoms with E-state index in [1.807, 2.05) is 26.0 Å². The molecule has 2 N–H and O–H groups in total. The number of carbonyl (C=O) groups is 3. The highest BCUT2D eigenvalue weighted by Gasteiger charge is 2.20. The molecule has 0 fully saturated rings. The van der Waals surface area contributed by atoms with E-state index in [2.05, 4.69) is 10.6 Å². The van der Waals surface area contributed by atoms with Crippen molar-refractivity contribution in [2.75, 3.05) is 30.8 Å². The summed E-state index contributed by atoms with van der Waals surface area (Å²) in [6.07, 6.45) is 0. The van der Waals surface area contributed by atoms with Crippen molar-refractivity contribution in [3.8, 4) is 5.75 Å². The van der Waals surface area contributed by atoms with Crippen LogP contribution in [0.15, 0.2) is 66.7 Å². The zero-order valence-electron chi connectivity index (χ0n) is 19.2. The van der Waals surface area contributed by atoms with E-state index < -0.39 is 24.2 Å². The maximum absolute atomic E-state index is 13.7. The third kappa shape index (κ3) is 6.19. The van der Waals surface area contributed by atoms with E-state index in [1.165, 1.54) is 30.1 Å². The van der Waals surface area contributed by atoms with Crippen LogP contribution in [-0.2, 0) is 9.59 Å². The summed E-state index contributed by atoms with van der Waals surface area (Å²) in [7, 11) is 1.51. The van der Waals surface area contributed by atoms with Gasteiger partial charge in [0.15, 0.2) is 6.61 Å². The molecule has 0 saturated heterocycles. The van der Waals surface area contributed by atoms with Crippen LogP contribution >= 0.6 is 0 Å². The van der Waals surface area contributed by atoms with Crippen LogP contribution < -0.4 is 15.4 Å². The van der Waals surface area contributed by atoms with Crippen molar-refractivity contribution in [1.82, 2.24) is 4.90 Å². The predicted octanol–water partition coefficient (Wildman–Crippen LogP) is 4.17. The maximum atomic E-state index is 13.7. The minimum absolute atomic E-state index is 0.0371. The summed E-state index contributed by atoms with van der Waals surface area (Å²) < 4.78 is 19.2. The molecule has 0 saturated carbocycles. The summed E-state index contributed by atoms with van der Waals surface area (Å²) in [4.78, 5) is 38.9. The lowest BCUT2D eigenvalue weighted by atomic mass is 10.1. The third-order valence-corrected chi connectivity index (χ3v) is 5.23. The van der Waals surface area contributed by atoms with Crippen molar-refractivity contribution in [2.24, 2.45) is 0 Å². The van der Waals surface area contributed by atoms with Gasteiger partial charge in [0.05, 0.1) is 17.8 Å². The lowest BCUT2D eigenvalue weighted by molar-refractivity contribution is -0.118. The quantitative estimate of drug-likeness (QED) is 0.525. The van der Waals surface area contributed by atoms with Crippen molar-refractivity contribution in [1.29, 1.82) is 0 Å². The minimum Gasteiger partial charge on any atom is -0.483 e. The first-order chi connectivity index (χ1) is 16.3. The number of ether oxygens (including phenoxy) is 1. The molecule has 0 aliphatic carbocycles. The normalized spacial score (nSPS) is 10.4. The predicted molar refractivity (Wildman–Crippen MR) is 128 cm³/mol. The number of nitrogens with zero attached hydrogens (tertiary/aromatic N) is 1. The van der Waals surface area contributed by atoms with Gasteiger partial charge in [-0.3, -0.25) is 14.4 Å². The number of carbonyl (C=O) groups excluding carboxylic acids is 3. The second-order valence-electron chi connectivity index (χ2n) is 7.77. The number of nitrogens with one attached hydrogen (secondary N) is 2. The van der Waals surface area contributed by atoms with Gasteiger partial charge in [0.1, 0.15) is 11.6 Å². The van der Waals surface area contributed by atoms with Gasteiger partial charge in [-0.2, -0.15) is 0 Å². The third-order valence-electron chi connectivity index (χ3n) is 5.23. The van der Waals surface area contributed by atoms with E-state index >= 15 is 0 Å². The summed E-state index contributed by atoms with van der Waals surface area (Å²) >= 11 is 0. The number of amides is 3. The number of anilines is 2. The van der Waals surface area contributed by atoms with Crippen molar-refractivity contribution in [2.45, 2.75) is 13.8 Å².